The van der Waals surface area contributed by atoms with Crippen LogP contribution in [0.4, 0.5) is 0 Å². The number of aromatic nitrogens is 1. The summed E-state index contributed by atoms with van der Waals surface area (Å²) in [5, 5.41) is 4.99. The first kappa shape index (κ1) is 9.44. The van der Waals surface area contributed by atoms with E-state index in [2.05, 4.69) is 10.3 Å². The molecule has 1 atom stereocenters. The van der Waals surface area contributed by atoms with E-state index in [0.29, 0.717) is 13.1 Å². The summed E-state index contributed by atoms with van der Waals surface area (Å²) >= 11 is 1.18. The van der Waals surface area contributed by atoms with Gasteiger partial charge in [0.1, 0.15) is 0 Å². The summed E-state index contributed by atoms with van der Waals surface area (Å²) in [5.41, 5.74) is 6.33. The zero-order valence-electron chi connectivity index (χ0n) is 6.96. The highest BCUT2D eigenvalue weighted by Crippen LogP contribution is 1.94. The fraction of sp³-hybridized carbons (Fsp3) is 0.571. The molecule has 0 saturated carbocycles. The van der Waals surface area contributed by atoms with Crippen LogP contribution in [0.5, 0.6) is 0 Å². The van der Waals surface area contributed by atoms with Gasteiger partial charge in [-0.2, -0.15) is 0 Å². The number of hydrogen-bond acceptors (Lipinski definition) is 4. The van der Waals surface area contributed by atoms with Gasteiger partial charge in [-0.1, -0.05) is 11.3 Å². The minimum Gasteiger partial charge on any atom is -0.329 e. The molecule has 0 fully saturated rings. The van der Waals surface area contributed by atoms with Crippen LogP contribution in [-0.2, 0) is 6.54 Å². The van der Waals surface area contributed by atoms with Crippen LogP contribution in [0.25, 0.3) is 0 Å². The molecule has 0 aromatic carbocycles. The maximum absolute atomic E-state index is 10.7. The van der Waals surface area contributed by atoms with E-state index in [1.807, 2.05) is 12.3 Å². The zero-order chi connectivity index (χ0) is 8.97. The Kier molecular flexibility index (Phi) is 3.46. The highest BCUT2D eigenvalue weighted by atomic mass is 32.1. The van der Waals surface area contributed by atoms with Gasteiger partial charge in [0, 0.05) is 30.2 Å². The molecule has 1 heterocycles. The molecule has 1 aromatic rings. The van der Waals surface area contributed by atoms with Crippen LogP contribution < -0.4 is 15.9 Å². The van der Waals surface area contributed by atoms with Gasteiger partial charge in [0.15, 0.2) is 0 Å². The number of thiazole rings is 1. The van der Waals surface area contributed by atoms with Gasteiger partial charge in [-0.15, -0.1) is 0 Å². The number of rotatable bonds is 4. The first-order valence-corrected chi connectivity index (χ1v) is 4.70. The van der Waals surface area contributed by atoms with Crippen molar-refractivity contribution in [2.45, 2.75) is 19.5 Å². The first-order valence-electron chi connectivity index (χ1n) is 3.82. The molecule has 0 aliphatic heterocycles. The van der Waals surface area contributed by atoms with Gasteiger partial charge in [0.25, 0.3) is 0 Å². The van der Waals surface area contributed by atoms with Gasteiger partial charge in [0.2, 0.25) is 0 Å². The van der Waals surface area contributed by atoms with Gasteiger partial charge < -0.3 is 16.0 Å². The third kappa shape index (κ3) is 2.77. The predicted octanol–water partition coefficient (Wildman–Crippen LogP) is -0.127. The standard InChI is InChI=1S/C7H13N3OS/c1-5(2-8)9-3-6-4-12-7(11)10-6/h4-5,9H,2-3,8H2,1H3,(H,10,11). The Bertz CT molecular complexity index is 280. The van der Waals surface area contributed by atoms with Crippen molar-refractivity contribution in [3.05, 3.63) is 20.7 Å². The lowest BCUT2D eigenvalue weighted by Crippen LogP contribution is -2.32. The highest BCUT2D eigenvalue weighted by molar-refractivity contribution is 7.07. The third-order valence-electron chi connectivity index (χ3n) is 1.57. The molecule has 0 spiro atoms. The maximum atomic E-state index is 10.7. The Morgan fingerprint density at radius 3 is 3.08 bits per heavy atom. The first-order chi connectivity index (χ1) is 5.72. The van der Waals surface area contributed by atoms with Crippen LogP contribution in [0.2, 0.25) is 0 Å². The Labute approximate surface area is 74.8 Å². The van der Waals surface area contributed by atoms with Gasteiger partial charge in [0.05, 0.1) is 0 Å². The van der Waals surface area contributed by atoms with Gasteiger partial charge >= 0.3 is 4.87 Å². The fourth-order valence-corrected chi connectivity index (χ4v) is 1.35. The molecule has 0 saturated heterocycles. The zero-order valence-corrected chi connectivity index (χ0v) is 7.78. The lowest BCUT2D eigenvalue weighted by molar-refractivity contribution is 0.551. The van der Waals surface area contributed by atoms with Crippen LogP contribution in [0.15, 0.2) is 10.2 Å². The average Bonchev–Trinajstić information content (AvgIpc) is 2.47. The number of nitrogens with two attached hydrogens (primary N) is 1. The van der Waals surface area contributed by atoms with E-state index < -0.39 is 0 Å². The van der Waals surface area contributed by atoms with Crippen molar-refractivity contribution >= 4 is 11.3 Å². The number of aromatic amines is 1. The lowest BCUT2D eigenvalue weighted by Gasteiger charge is -2.08. The quantitative estimate of drug-likeness (QED) is 0.615. The summed E-state index contributed by atoms with van der Waals surface area (Å²) in [5.74, 6) is 0. The predicted molar refractivity (Wildman–Crippen MR) is 50.3 cm³/mol. The van der Waals surface area contributed by atoms with Gasteiger partial charge in [-0.3, -0.25) is 4.79 Å². The molecule has 4 nitrogen and oxygen atoms in total. The molecule has 5 heteroatoms. The van der Waals surface area contributed by atoms with E-state index in [9.17, 15) is 4.79 Å². The SMILES string of the molecule is CC(CN)NCc1csc(=O)[nH]1. The van der Waals surface area contributed by atoms with E-state index in [1.165, 1.54) is 11.3 Å². The van der Waals surface area contributed by atoms with E-state index in [1.54, 1.807) is 0 Å². The highest BCUT2D eigenvalue weighted by Gasteiger charge is 1.99. The van der Waals surface area contributed by atoms with E-state index in [0.717, 1.165) is 5.69 Å². The fourth-order valence-electron chi connectivity index (χ4n) is 0.768. The molecule has 0 amide bonds. The number of hydrogen-bond donors (Lipinski definition) is 3. The Morgan fingerprint density at radius 2 is 2.58 bits per heavy atom. The second kappa shape index (κ2) is 4.39. The molecule has 1 rings (SSSR count). The molecule has 12 heavy (non-hydrogen) atoms. The summed E-state index contributed by atoms with van der Waals surface area (Å²) in [6.45, 7) is 3.29. The molecule has 0 radical (unpaired) electrons. The normalized spacial score (nSPS) is 13.2. The molecule has 4 N–H and O–H groups in total. The van der Waals surface area contributed by atoms with Crippen molar-refractivity contribution in [2.24, 2.45) is 5.73 Å². The summed E-state index contributed by atoms with van der Waals surface area (Å²) in [6.07, 6.45) is 0. The molecule has 1 aromatic heterocycles. The van der Waals surface area contributed by atoms with Gasteiger partial charge in [-0.05, 0) is 6.92 Å². The summed E-state index contributed by atoms with van der Waals surface area (Å²) in [7, 11) is 0. The van der Waals surface area contributed by atoms with E-state index in [4.69, 9.17) is 5.73 Å². The van der Waals surface area contributed by atoms with Crippen LogP contribution in [0.1, 0.15) is 12.6 Å². The molecular weight excluding hydrogens is 174 g/mol. The van der Waals surface area contributed by atoms with Crippen molar-refractivity contribution in [3.63, 3.8) is 0 Å². The van der Waals surface area contributed by atoms with E-state index in [-0.39, 0.29) is 10.9 Å². The maximum Gasteiger partial charge on any atom is 0.304 e. The van der Waals surface area contributed by atoms with Gasteiger partial charge in [-0.25, -0.2) is 0 Å². The largest absolute Gasteiger partial charge is 0.329 e. The second-order valence-electron chi connectivity index (χ2n) is 2.69. The summed E-state index contributed by atoms with van der Waals surface area (Å²) in [4.78, 5) is 13.4. The van der Waals surface area contributed by atoms with Crippen molar-refractivity contribution in [3.8, 4) is 0 Å². The summed E-state index contributed by atoms with van der Waals surface area (Å²) < 4.78 is 0. The van der Waals surface area contributed by atoms with E-state index >= 15 is 0 Å². The topological polar surface area (TPSA) is 70.9 Å². The van der Waals surface area contributed by atoms with Crippen molar-refractivity contribution in [1.29, 1.82) is 0 Å². The Morgan fingerprint density at radius 1 is 1.83 bits per heavy atom. The molecule has 0 bridgehead atoms. The number of nitrogens with one attached hydrogen (secondary N) is 2. The molecule has 0 aliphatic rings. The minimum absolute atomic E-state index is 0.00722. The second-order valence-corrected chi connectivity index (χ2v) is 3.53. The molecule has 0 aliphatic carbocycles. The number of H-pyrrole nitrogens is 1. The van der Waals surface area contributed by atoms with Crippen LogP contribution in [0, 0.1) is 0 Å². The molecule has 68 valence electrons. The van der Waals surface area contributed by atoms with Crippen molar-refractivity contribution in [1.82, 2.24) is 10.3 Å². The third-order valence-corrected chi connectivity index (χ3v) is 2.28. The molecular formula is C7H13N3OS. The Balaban J connectivity index is 2.38. The van der Waals surface area contributed by atoms with Crippen LogP contribution >= 0.6 is 11.3 Å². The van der Waals surface area contributed by atoms with Crippen molar-refractivity contribution in [2.75, 3.05) is 6.54 Å². The monoisotopic (exact) mass is 187 g/mol. The molecule has 1 unspecified atom stereocenters. The lowest BCUT2D eigenvalue weighted by atomic mass is 10.3. The summed E-state index contributed by atoms with van der Waals surface area (Å²) in [6, 6.07) is 0.286. The minimum atomic E-state index is -0.00722. The van der Waals surface area contributed by atoms with Crippen molar-refractivity contribution < 1.29 is 0 Å². The average molecular weight is 187 g/mol. The smallest absolute Gasteiger partial charge is 0.304 e. The van der Waals surface area contributed by atoms with Crippen LogP contribution in [-0.4, -0.2) is 17.6 Å². The Hall–Kier alpha value is -0.650. The van der Waals surface area contributed by atoms with Crippen LogP contribution in [0.3, 0.4) is 0 Å².